The van der Waals surface area contributed by atoms with E-state index in [1.807, 2.05) is 7.05 Å². The van der Waals surface area contributed by atoms with Crippen molar-refractivity contribution in [2.75, 3.05) is 46.4 Å². The summed E-state index contributed by atoms with van der Waals surface area (Å²) < 4.78 is 11.2. The van der Waals surface area contributed by atoms with Gasteiger partial charge in [-0.15, -0.1) is 24.0 Å². The van der Waals surface area contributed by atoms with Gasteiger partial charge in [-0.25, -0.2) is 0 Å². The lowest BCUT2D eigenvalue weighted by Crippen LogP contribution is -2.44. The van der Waals surface area contributed by atoms with Gasteiger partial charge < -0.3 is 20.1 Å². The standard InChI is InChI=1S/C24H32N4O2.HI/c1-18-15-22-16-21(7-8-23(22)30-18)20-5-3-19(4-6-20)17-27-24(25-2)26-9-10-28-11-13-29-14-12-28;/h3-8,16,18H,9-15,17H2,1-2H3,(H2,25,26,27);1H. The minimum absolute atomic E-state index is 0. The number of hydrogen-bond donors (Lipinski definition) is 2. The Morgan fingerprint density at radius 2 is 1.81 bits per heavy atom. The van der Waals surface area contributed by atoms with Crippen molar-refractivity contribution in [3.05, 3.63) is 53.6 Å². The van der Waals surface area contributed by atoms with Gasteiger partial charge in [-0.1, -0.05) is 30.3 Å². The number of guanidine groups is 1. The molecule has 0 bridgehead atoms. The van der Waals surface area contributed by atoms with Crippen LogP contribution in [0.1, 0.15) is 18.1 Å². The Morgan fingerprint density at radius 1 is 1.06 bits per heavy atom. The fraction of sp³-hybridized carbons (Fsp3) is 0.458. The minimum Gasteiger partial charge on any atom is -0.490 e. The summed E-state index contributed by atoms with van der Waals surface area (Å²) in [6.45, 7) is 8.43. The van der Waals surface area contributed by atoms with E-state index in [0.29, 0.717) is 0 Å². The molecule has 6 nitrogen and oxygen atoms in total. The van der Waals surface area contributed by atoms with E-state index in [1.54, 1.807) is 0 Å². The second kappa shape index (κ2) is 11.7. The molecule has 0 radical (unpaired) electrons. The van der Waals surface area contributed by atoms with Gasteiger partial charge in [0.25, 0.3) is 0 Å². The van der Waals surface area contributed by atoms with Crippen LogP contribution in [0.3, 0.4) is 0 Å². The van der Waals surface area contributed by atoms with Crippen LogP contribution >= 0.6 is 24.0 Å². The third kappa shape index (κ3) is 6.57. The number of fused-ring (bicyclic) bond motifs is 1. The number of morpholine rings is 1. The van der Waals surface area contributed by atoms with Gasteiger partial charge in [0.1, 0.15) is 11.9 Å². The summed E-state index contributed by atoms with van der Waals surface area (Å²) in [5.74, 6) is 1.86. The molecule has 1 unspecified atom stereocenters. The Bertz CT molecular complexity index is 866. The zero-order valence-corrected chi connectivity index (χ0v) is 20.7. The molecular formula is C24H33IN4O2. The zero-order valence-electron chi connectivity index (χ0n) is 18.4. The van der Waals surface area contributed by atoms with Crippen molar-refractivity contribution in [2.45, 2.75) is 26.0 Å². The van der Waals surface area contributed by atoms with Crippen molar-refractivity contribution in [2.24, 2.45) is 4.99 Å². The number of hydrogen-bond acceptors (Lipinski definition) is 4. The highest BCUT2D eigenvalue weighted by atomic mass is 127. The highest BCUT2D eigenvalue weighted by Crippen LogP contribution is 2.32. The number of aliphatic imine (C=N–C) groups is 1. The van der Waals surface area contributed by atoms with E-state index < -0.39 is 0 Å². The minimum atomic E-state index is 0. The SMILES string of the molecule is CN=C(NCCN1CCOCC1)NCc1ccc(-c2ccc3c(c2)CC(C)O3)cc1.I. The zero-order chi connectivity index (χ0) is 20.8. The second-order valence-electron chi connectivity index (χ2n) is 7.96. The summed E-state index contributed by atoms with van der Waals surface area (Å²) in [5.41, 5.74) is 5.01. The first kappa shape index (κ1) is 23.8. The van der Waals surface area contributed by atoms with Crippen molar-refractivity contribution < 1.29 is 9.47 Å². The van der Waals surface area contributed by atoms with Crippen molar-refractivity contribution in [1.82, 2.24) is 15.5 Å². The summed E-state index contributed by atoms with van der Waals surface area (Å²) in [6.07, 6.45) is 1.27. The van der Waals surface area contributed by atoms with Crippen molar-refractivity contribution in [3.8, 4) is 16.9 Å². The Morgan fingerprint density at radius 3 is 2.55 bits per heavy atom. The van der Waals surface area contributed by atoms with Crippen LogP contribution in [0.2, 0.25) is 0 Å². The van der Waals surface area contributed by atoms with Gasteiger partial charge in [-0.05, 0) is 41.3 Å². The van der Waals surface area contributed by atoms with Crippen LogP contribution in [-0.2, 0) is 17.7 Å². The first-order valence-electron chi connectivity index (χ1n) is 10.8. The lowest BCUT2D eigenvalue weighted by molar-refractivity contribution is 0.0389. The quantitative estimate of drug-likeness (QED) is 0.337. The highest BCUT2D eigenvalue weighted by molar-refractivity contribution is 14.0. The first-order valence-corrected chi connectivity index (χ1v) is 10.8. The van der Waals surface area contributed by atoms with E-state index in [4.69, 9.17) is 9.47 Å². The predicted octanol–water partition coefficient (Wildman–Crippen LogP) is 3.29. The molecule has 31 heavy (non-hydrogen) atoms. The van der Waals surface area contributed by atoms with Gasteiger partial charge in [0.15, 0.2) is 5.96 Å². The molecule has 0 aromatic heterocycles. The molecule has 0 saturated carbocycles. The topological polar surface area (TPSA) is 58.1 Å². The Kier molecular flexibility index (Phi) is 8.98. The van der Waals surface area contributed by atoms with E-state index in [2.05, 4.69) is 69.9 Å². The van der Waals surface area contributed by atoms with Crippen molar-refractivity contribution >= 4 is 29.9 Å². The summed E-state index contributed by atoms with van der Waals surface area (Å²) in [6, 6.07) is 15.2. The number of nitrogens with one attached hydrogen (secondary N) is 2. The van der Waals surface area contributed by atoms with E-state index in [1.165, 1.54) is 22.3 Å². The molecule has 1 atom stereocenters. The monoisotopic (exact) mass is 536 g/mol. The fourth-order valence-electron chi connectivity index (χ4n) is 3.98. The molecule has 0 spiro atoms. The molecule has 2 aromatic carbocycles. The Labute approximate surface area is 202 Å². The van der Waals surface area contributed by atoms with Crippen LogP contribution in [0.4, 0.5) is 0 Å². The maximum absolute atomic E-state index is 5.81. The third-order valence-electron chi connectivity index (χ3n) is 5.69. The molecule has 1 fully saturated rings. The van der Waals surface area contributed by atoms with Crippen LogP contribution < -0.4 is 15.4 Å². The average Bonchev–Trinajstić information content (AvgIpc) is 3.16. The molecule has 2 N–H and O–H groups in total. The van der Waals surface area contributed by atoms with Crippen LogP contribution in [-0.4, -0.2) is 63.4 Å². The average molecular weight is 536 g/mol. The maximum atomic E-state index is 5.81. The third-order valence-corrected chi connectivity index (χ3v) is 5.69. The fourth-order valence-corrected chi connectivity index (χ4v) is 3.98. The smallest absolute Gasteiger partial charge is 0.191 e. The van der Waals surface area contributed by atoms with Crippen LogP contribution in [0.15, 0.2) is 47.5 Å². The van der Waals surface area contributed by atoms with Crippen molar-refractivity contribution in [3.63, 3.8) is 0 Å². The number of halogens is 1. The highest BCUT2D eigenvalue weighted by Gasteiger charge is 2.19. The Balaban J connectivity index is 0.00000272. The van der Waals surface area contributed by atoms with Crippen LogP contribution in [0.5, 0.6) is 5.75 Å². The van der Waals surface area contributed by atoms with E-state index in [0.717, 1.165) is 64.1 Å². The molecule has 2 aromatic rings. The number of ether oxygens (including phenoxy) is 2. The first-order chi connectivity index (χ1) is 14.7. The Hall–Kier alpha value is -1.84. The molecule has 0 amide bonds. The summed E-state index contributed by atoms with van der Waals surface area (Å²) in [4.78, 5) is 6.74. The van der Waals surface area contributed by atoms with Gasteiger partial charge in [0.05, 0.1) is 13.2 Å². The molecule has 168 valence electrons. The lowest BCUT2D eigenvalue weighted by Gasteiger charge is -2.26. The second-order valence-corrected chi connectivity index (χ2v) is 7.96. The largest absolute Gasteiger partial charge is 0.490 e. The number of nitrogens with zero attached hydrogens (tertiary/aromatic N) is 2. The molecule has 7 heteroatoms. The predicted molar refractivity (Wildman–Crippen MR) is 137 cm³/mol. The van der Waals surface area contributed by atoms with E-state index in [-0.39, 0.29) is 30.1 Å². The summed E-state index contributed by atoms with van der Waals surface area (Å²) in [5, 5.41) is 6.80. The van der Waals surface area contributed by atoms with Gasteiger partial charge in [0, 0.05) is 46.2 Å². The molecular weight excluding hydrogens is 503 g/mol. The number of benzene rings is 2. The van der Waals surface area contributed by atoms with Gasteiger partial charge in [-0.3, -0.25) is 9.89 Å². The normalized spacial score (nSPS) is 18.6. The molecule has 2 aliphatic rings. The van der Waals surface area contributed by atoms with Gasteiger partial charge >= 0.3 is 0 Å². The summed E-state index contributed by atoms with van der Waals surface area (Å²) >= 11 is 0. The van der Waals surface area contributed by atoms with Crippen LogP contribution in [0, 0.1) is 0 Å². The molecule has 4 rings (SSSR count). The number of rotatable bonds is 6. The molecule has 0 aliphatic carbocycles. The van der Waals surface area contributed by atoms with Gasteiger partial charge in [0.2, 0.25) is 0 Å². The molecule has 1 saturated heterocycles. The van der Waals surface area contributed by atoms with E-state index in [9.17, 15) is 0 Å². The van der Waals surface area contributed by atoms with E-state index >= 15 is 0 Å². The van der Waals surface area contributed by atoms with Crippen molar-refractivity contribution in [1.29, 1.82) is 0 Å². The molecule has 2 heterocycles. The maximum Gasteiger partial charge on any atom is 0.191 e. The van der Waals surface area contributed by atoms with Gasteiger partial charge in [-0.2, -0.15) is 0 Å². The lowest BCUT2D eigenvalue weighted by atomic mass is 10.00. The van der Waals surface area contributed by atoms with Crippen LogP contribution in [0.25, 0.3) is 11.1 Å². The molecule has 2 aliphatic heterocycles. The summed E-state index contributed by atoms with van der Waals surface area (Å²) in [7, 11) is 1.81.